The standard InChI is InChI=1S/C23H27NO3/c1-2-3-9-22(25)18(12-16-7-5-4-6-8-16)13-19-15-24-21-11-10-17(23(26)27)14-20(19)21/h4-8,10-11,14-15,18,22,24-25H,2-3,9,12-13H2,1H3,(H,26,27). The number of fused-ring (bicyclic) bond motifs is 1. The summed E-state index contributed by atoms with van der Waals surface area (Å²) in [5.41, 5.74) is 3.49. The molecule has 0 fully saturated rings. The number of carboxylic acids is 1. The van der Waals surface area contributed by atoms with E-state index in [1.807, 2.05) is 30.5 Å². The molecule has 0 saturated carbocycles. The van der Waals surface area contributed by atoms with Crippen molar-refractivity contribution in [1.29, 1.82) is 0 Å². The molecule has 0 saturated heterocycles. The number of aromatic amines is 1. The molecule has 0 spiro atoms. The Morgan fingerprint density at radius 3 is 2.59 bits per heavy atom. The van der Waals surface area contributed by atoms with E-state index < -0.39 is 5.97 Å². The minimum atomic E-state index is -0.923. The molecular formula is C23H27NO3. The van der Waals surface area contributed by atoms with Crippen molar-refractivity contribution in [2.75, 3.05) is 0 Å². The minimum Gasteiger partial charge on any atom is -0.478 e. The first kappa shape index (κ1) is 19.2. The number of rotatable bonds is 9. The van der Waals surface area contributed by atoms with Crippen LogP contribution in [-0.4, -0.2) is 27.3 Å². The molecule has 2 unspecified atom stereocenters. The fraction of sp³-hybridized carbons (Fsp3) is 0.348. The van der Waals surface area contributed by atoms with E-state index in [4.69, 9.17) is 0 Å². The van der Waals surface area contributed by atoms with E-state index in [0.29, 0.717) is 6.42 Å². The van der Waals surface area contributed by atoms with Gasteiger partial charge < -0.3 is 15.2 Å². The van der Waals surface area contributed by atoms with Crippen LogP contribution in [0.15, 0.2) is 54.7 Å². The number of benzene rings is 2. The molecule has 0 aliphatic carbocycles. The van der Waals surface area contributed by atoms with Crippen molar-refractivity contribution in [1.82, 2.24) is 4.98 Å². The number of aliphatic hydroxyl groups is 1. The highest BCUT2D eigenvalue weighted by molar-refractivity contribution is 5.94. The molecule has 3 rings (SSSR count). The van der Waals surface area contributed by atoms with Crippen molar-refractivity contribution in [3.8, 4) is 0 Å². The van der Waals surface area contributed by atoms with Gasteiger partial charge in [-0.15, -0.1) is 0 Å². The van der Waals surface area contributed by atoms with E-state index in [1.54, 1.807) is 12.1 Å². The summed E-state index contributed by atoms with van der Waals surface area (Å²) in [5, 5.41) is 21.0. The predicted molar refractivity (Wildman–Crippen MR) is 108 cm³/mol. The molecule has 27 heavy (non-hydrogen) atoms. The SMILES string of the molecule is CCCCC(O)C(Cc1ccccc1)Cc1c[nH]c2ccc(C(=O)O)cc12. The van der Waals surface area contributed by atoms with Crippen molar-refractivity contribution in [2.45, 2.75) is 45.1 Å². The second-order valence-corrected chi connectivity index (χ2v) is 7.24. The number of aromatic carboxylic acids is 1. The summed E-state index contributed by atoms with van der Waals surface area (Å²) < 4.78 is 0. The number of hydrogen-bond acceptors (Lipinski definition) is 2. The number of aliphatic hydroxyl groups excluding tert-OH is 1. The number of aromatic nitrogens is 1. The molecule has 4 nitrogen and oxygen atoms in total. The molecule has 2 atom stereocenters. The topological polar surface area (TPSA) is 73.3 Å². The predicted octanol–water partition coefficient (Wildman–Crippen LogP) is 4.82. The van der Waals surface area contributed by atoms with E-state index in [2.05, 4.69) is 24.0 Å². The van der Waals surface area contributed by atoms with Crippen LogP contribution in [0.3, 0.4) is 0 Å². The van der Waals surface area contributed by atoms with Gasteiger partial charge in [0.2, 0.25) is 0 Å². The molecule has 1 heterocycles. The Labute approximate surface area is 159 Å². The summed E-state index contributed by atoms with van der Waals surface area (Å²) >= 11 is 0. The smallest absolute Gasteiger partial charge is 0.335 e. The van der Waals surface area contributed by atoms with Gasteiger partial charge in [0.05, 0.1) is 11.7 Å². The summed E-state index contributed by atoms with van der Waals surface area (Å²) in [6.07, 6.45) is 5.93. The highest BCUT2D eigenvalue weighted by atomic mass is 16.4. The minimum absolute atomic E-state index is 0.0893. The molecule has 0 amide bonds. The number of nitrogens with one attached hydrogen (secondary N) is 1. The van der Waals surface area contributed by atoms with Gasteiger partial charge >= 0.3 is 5.97 Å². The lowest BCUT2D eigenvalue weighted by Crippen LogP contribution is -2.24. The van der Waals surface area contributed by atoms with E-state index in [9.17, 15) is 15.0 Å². The summed E-state index contributed by atoms with van der Waals surface area (Å²) in [4.78, 5) is 14.5. The number of H-pyrrole nitrogens is 1. The lowest BCUT2D eigenvalue weighted by Gasteiger charge is -2.23. The molecule has 3 N–H and O–H groups in total. The van der Waals surface area contributed by atoms with Crippen molar-refractivity contribution >= 4 is 16.9 Å². The van der Waals surface area contributed by atoms with Crippen LogP contribution in [0, 0.1) is 5.92 Å². The Morgan fingerprint density at radius 2 is 1.89 bits per heavy atom. The first-order chi connectivity index (χ1) is 13.1. The van der Waals surface area contributed by atoms with Gasteiger partial charge in [-0.3, -0.25) is 0 Å². The third kappa shape index (κ3) is 4.77. The summed E-state index contributed by atoms with van der Waals surface area (Å²) in [6.45, 7) is 2.13. The number of hydrogen-bond donors (Lipinski definition) is 3. The van der Waals surface area contributed by atoms with Gasteiger partial charge in [0.15, 0.2) is 0 Å². The highest BCUT2D eigenvalue weighted by Gasteiger charge is 2.21. The zero-order chi connectivity index (χ0) is 19.2. The average Bonchev–Trinajstić information content (AvgIpc) is 3.08. The second-order valence-electron chi connectivity index (χ2n) is 7.24. The number of carbonyl (C=O) groups is 1. The molecule has 4 heteroatoms. The molecule has 2 aromatic carbocycles. The number of unbranched alkanes of at least 4 members (excludes halogenated alkanes) is 1. The first-order valence-electron chi connectivity index (χ1n) is 9.63. The first-order valence-corrected chi connectivity index (χ1v) is 9.63. The lowest BCUT2D eigenvalue weighted by atomic mass is 9.86. The van der Waals surface area contributed by atoms with Crippen LogP contribution in [0.1, 0.15) is 47.7 Å². The van der Waals surface area contributed by atoms with Gasteiger partial charge in [-0.2, -0.15) is 0 Å². The Balaban J connectivity index is 1.87. The quantitative estimate of drug-likeness (QED) is 0.509. The molecule has 0 aliphatic rings. The maximum Gasteiger partial charge on any atom is 0.335 e. The molecular weight excluding hydrogens is 338 g/mol. The van der Waals surface area contributed by atoms with Crippen molar-refractivity contribution in [3.05, 3.63) is 71.4 Å². The van der Waals surface area contributed by atoms with E-state index in [-0.39, 0.29) is 17.6 Å². The zero-order valence-corrected chi connectivity index (χ0v) is 15.7. The molecule has 1 aromatic heterocycles. The molecule has 0 aliphatic heterocycles. The zero-order valence-electron chi connectivity index (χ0n) is 15.7. The Morgan fingerprint density at radius 1 is 1.11 bits per heavy atom. The van der Waals surface area contributed by atoms with Crippen LogP contribution in [0.2, 0.25) is 0 Å². The van der Waals surface area contributed by atoms with E-state index in [0.717, 1.165) is 42.1 Å². The monoisotopic (exact) mass is 365 g/mol. The highest BCUT2D eigenvalue weighted by Crippen LogP contribution is 2.27. The Bertz CT molecular complexity index is 885. The normalized spacial score (nSPS) is 13.6. The van der Waals surface area contributed by atoms with E-state index in [1.165, 1.54) is 5.56 Å². The van der Waals surface area contributed by atoms with Crippen LogP contribution < -0.4 is 0 Å². The maximum atomic E-state index is 11.3. The Hall–Kier alpha value is -2.59. The summed E-state index contributed by atoms with van der Waals surface area (Å²) in [5.74, 6) is -0.834. The van der Waals surface area contributed by atoms with E-state index >= 15 is 0 Å². The lowest BCUT2D eigenvalue weighted by molar-refractivity contribution is 0.0697. The van der Waals surface area contributed by atoms with Crippen molar-refractivity contribution in [2.24, 2.45) is 5.92 Å². The van der Waals surface area contributed by atoms with Crippen molar-refractivity contribution in [3.63, 3.8) is 0 Å². The second kappa shape index (κ2) is 8.87. The third-order valence-corrected chi connectivity index (χ3v) is 5.23. The fourth-order valence-corrected chi connectivity index (χ4v) is 3.67. The fourth-order valence-electron chi connectivity index (χ4n) is 3.67. The molecule has 3 aromatic rings. The summed E-state index contributed by atoms with van der Waals surface area (Å²) in [7, 11) is 0. The molecule has 142 valence electrons. The van der Waals surface area contributed by atoms with Crippen LogP contribution in [-0.2, 0) is 12.8 Å². The average molecular weight is 365 g/mol. The largest absolute Gasteiger partial charge is 0.478 e. The van der Waals surface area contributed by atoms with Crippen LogP contribution in [0.4, 0.5) is 0 Å². The Kier molecular flexibility index (Phi) is 6.30. The van der Waals surface area contributed by atoms with Gasteiger partial charge in [-0.1, -0.05) is 50.1 Å². The van der Waals surface area contributed by atoms with Crippen LogP contribution in [0.5, 0.6) is 0 Å². The summed E-state index contributed by atoms with van der Waals surface area (Å²) in [6, 6.07) is 15.4. The molecule has 0 radical (unpaired) electrons. The van der Waals surface area contributed by atoms with Crippen molar-refractivity contribution < 1.29 is 15.0 Å². The van der Waals surface area contributed by atoms with Gasteiger partial charge in [0.1, 0.15) is 0 Å². The maximum absolute atomic E-state index is 11.3. The molecule has 0 bridgehead atoms. The van der Waals surface area contributed by atoms with Crippen LogP contribution >= 0.6 is 0 Å². The van der Waals surface area contributed by atoms with Gasteiger partial charge in [-0.05, 0) is 54.5 Å². The van der Waals surface area contributed by atoms with Gasteiger partial charge in [0.25, 0.3) is 0 Å². The van der Waals surface area contributed by atoms with Gasteiger partial charge in [-0.25, -0.2) is 4.79 Å². The third-order valence-electron chi connectivity index (χ3n) is 5.23. The van der Waals surface area contributed by atoms with Gasteiger partial charge in [0, 0.05) is 17.1 Å². The van der Waals surface area contributed by atoms with Crippen LogP contribution in [0.25, 0.3) is 10.9 Å². The number of carboxylic acid groups (broad SMARTS) is 1.